The van der Waals surface area contributed by atoms with Crippen LogP contribution in [0.2, 0.25) is 0 Å². The molecule has 0 aliphatic rings. The molecule has 0 radical (unpaired) electrons. The quantitative estimate of drug-likeness (QED) is 0.633. The number of carboxylic acids is 1. The lowest BCUT2D eigenvalue weighted by molar-refractivity contribution is -0.137. The normalized spacial score (nSPS) is 12.8. The number of carboxylic acid groups (broad SMARTS) is 1. The van der Waals surface area contributed by atoms with Gasteiger partial charge in [0.25, 0.3) is 0 Å². The SMILES string of the molecule is C=CCSC(CCC(=O)O)CC(C)C. The number of carbonyl (C=O) groups is 1. The molecule has 0 fully saturated rings. The third-order valence-electron chi connectivity index (χ3n) is 1.86. The molecule has 0 amide bonds. The summed E-state index contributed by atoms with van der Waals surface area (Å²) >= 11 is 1.81. The average Bonchev–Trinajstić information content (AvgIpc) is 2.09. The second kappa shape index (κ2) is 7.92. The highest BCUT2D eigenvalue weighted by atomic mass is 32.2. The van der Waals surface area contributed by atoms with Crippen LogP contribution in [-0.2, 0) is 4.79 Å². The van der Waals surface area contributed by atoms with Gasteiger partial charge in [0.2, 0.25) is 0 Å². The van der Waals surface area contributed by atoms with Gasteiger partial charge in [-0.05, 0) is 18.8 Å². The summed E-state index contributed by atoms with van der Waals surface area (Å²) in [5, 5.41) is 9.05. The molecule has 0 aromatic carbocycles. The zero-order valence-corrected chi connectivity index (χ0v) is 9.85. The van der Waals surface area contributed by atoms with Gasteiger partial charge in [-0.1, -0.05) is 19.9 Å². The number of aliphatic carboxylic acids is 1. The van der Waals surface area contributed by atoms with Gasteiger partial charge in [-0.3, -0.25) is 4.79 Å². The van der Waals surface area contributed by atoms with E-state index in [1.807, 2.05) is 17.8 Å². The third-order valence-corrected chi connectivity index (χ3v) is 3.19. The van der Waals surface area contributed by atoms with Crippen LogP contribution in [0.5, 0.6) is 0 Å². The minimum Gasteiger partial charge on any atom is -0.481 e. The molecule has 1 atom stereocenters. The molecule has 0 heterocycles. The Kier molecular flexibility index (Phi) is 7.67. The lowest BCUT2D eigenvalue weighted by Gasteiger charge is -2.16. The lowest BCUT2D eigenvalue weighted by Crippen LogP contribution is -2.10. The van der Waals surface area contributed by atoms with Gasteiger partial charge in [0.15, 0.2) is 0 Å². The van der Waals surface area contributed by atoms with Gasteiger partial charge in [-0.15, -0.1) is 6.58 Å². The highest BCUT2D eigenvalue weighted by Crippen LogP contribution is 2.23. The fourth-order valence-electron chi connectivity index (χ4n) is 1.28. The maximum absolute atomic E-state index is 10.4. The van der Waals surface area contributed by atoms with Gasteiger partial charge in [0, 0.05) is 17.4 Å². The Labute approximate surface area is 90.8 Å². The first-order chi connectivity index (χ1) is 6.56. The van der Waals surface area contributed by atoms with Crippen molar-refractivity contribution in [3.05, 3.63) is 12.7 Å². The van der Waals surface area contributed by atoms with Crippen LogP contribution in [0.4, 0.5) is 0 Å². The van der Waals surface area contributed by atoms with Crippen molar-refractivity contribution in [2.24, 2.45) is 5.92 Å². The van der Waals surface area contributed by atoms with E-state index in [1.165, 1.54) is 0 Å². The fraction of sp³-hybridized carbons (Fsp3) is 0.727. The smallest absolute Gasteiger partial charge is 0.303 e. The molecular weight excluding hydrogens is 196 g/mol. The summed E-state index contributed by atoms with van der Waals surface area (Å²) in [6, 6.07) is 0. The first-order valence-corrected chi connectivity index (χ1v) is 6.05. The molecule has 0 aliphatic carbocycles. The summed E-state index contributed by atoms with van der Waals surface area (Å²) in [4.78, 5) is 10.4. The van der Waals surface area contributed by atoms with Crippen molar-refractivity contribution >= 4 is 17.7 Å². The van der Waals surface area contributed by atoms with E-state index in [-0.39, 0.29) is 6.42 Å². The number of hydrogen-bond acceptors (Lipinski definition) is 2. The van der Waals surface area contributed by atoms with E-state index in [9.17, 15) is 4.79 Å². The zero-order valence-electron chi connectivity index (χ0n) is 9.03. The minimum atomic E-state index is -0.696. The maximum Gasteiger partial charge on any atom is 0.303 e. The standard InChI is InChI=1S/C11H20O2S/c1-4-7-14-10(8-9(2)3)5-6-11(12)13/h4,9-10H,1,5-8H2,2-3H3,(H,12,13). The second-order valence-corrected chi connectivity index (χ2v) is 5.14. The fourth-order valence-corrected chi connectivity index (χ4v) is 2.50. The van der Waals surface area contributed by atoms with E-state index in [0.717, 1.165) is 18.6 Å². The van der Waals surface area contributed by atoms with Crippen molar-refractivity contribution in [2.45, 2.75) is 38.4 Å². The van der Waals surface area contributed by atoms with E-state index in [2.05, 4.69) is 20.4 Å². The highest BCUT2D eigenvalue weighted by molar-refractivity contribution is 8.00. The number of rotatable bonds is 8. The van der Waals surface area contributed by atoms with E-state index in [0.29, 0.717) is 11.2 Å². The Bertz CT molecular complexity index is 178. The van der Waals surface area contributed by atoms with Gasteiger partial charge in [0.1, 0.15) is 0 Å². The van der Waals surface area contributed by atoms with Crippen molar-refractivity contribution in [1.29, 1.82) is 0 Å². The summed E-state index contributed by atoms with van der Waals surface area (Å²) < 4.78 is 0. The van der Waals surface area contributed by atoms with Gasteiger partial charge < -0.3 is 5.11 Å². The van der Waals surface area contributed by atoms with Crippen LogP contribution in [0.15, 0.2) is 12.7 Å². The molecule has 0 aliphatic heterocycles. The molecule has 1 N–H and O–H groups in total. The predicted molar refractivity (Wildman–Crippen MR) is 62.8 cm³/mol. The van der Waals surface area contributed by atoms with E-state index in [4.69, 9.17) is 5.11 Å². The topological polar surface area (TPSA) is 37.3 Å². The molecule has 0 rings (SSSR count). The zero-order chi connectivity index (χ0) is 11.0. The Morgan fingerprint density at radius 2 is 2.21 bits per heavy atom. The largest absolute Gasteiger partial charge is 0.481 e. The van der Waals surface area contributed by atoms with Crippen molar-refractivity contribution in [3.8, 4) is 0 Å². The predicted octanol–water partition coefficient (Wildman–Crippen LogP) is 3.19. The van der Waals surface area contributed by atoms with Crippen LogP contribution >= 0.6 is 11.8 Å². The molecule has 0 aromatic rings. The average molecular weight is 216 g/mol. The molecule has 2 nitrogen and oxygen atoms in total. The van der Waals surface area contributed by atoms with Crippen molar-refractivity contribution in [1.82, 2.24) is 0 Å². The molecule has 0 saturated carbocycles. The van der Waals surface area contributed by atoms with Crippen LogP contribution in [0.25, 0.3) is 0 Å². The molecule has 0 bridgehead atoms. The molecule has 0 spiro atoms. The summed E-state index contributed by atoms with van der Waals surface area (Å²) in [6.07, 6.45) is 4.01. The summed E-state index contributed by atoms with van der Waals surface area (Å²) in [7, 11) is 0. The monoisotopic (exact) mass is 216 g/mol. The van der Waals surface area contributed by atoms with Crippen LogP contribution in [0, 0.1) is 5.92 Å². The molecular formula is C11H20O2S. The maximum atomic E-state index is 10.4. The number of thioether (sulfide) groups is 1. The highest BCUT2D eigenvalue weighted by Gasteiger charge is 2.12. The van der Waals surface area contributed by atoms with Crippen LogP contribution < -0.4 is 0 Å². The second-order valence-electron chi connectivity index (χ2n) is 3.81. The van der Waals surface area contributed by atoms with Gasteiger partial charge in [-0.25, -0.2) is 0 Å². The van der Waals surface area contributed by atoms with Crippen molar-refractivity contribution in [3.63, 3.8) is 0 Å². The molecule has 14 heavy (non-hydrogen) atoms. The summed E-state index contributed by atoms with van der Waals surface area (Å²) in [5.41, 5.74) is 0. The first-order valence-electron chi connectivity index (χ1n) is 5.00. The van der Waals surface area contributed by atoms with Gasteiger partial charge in [-0.2, -0.15) is 11.8 Å². The van der Waals surface area contributed by atoms with E-state index >= 15 is 0 Å². The van der Waals surface area contributed by atoms with Crippen molar-refractivity contribution in [2.75, 3.05) is 5.75 Å². The first kappa shape index (κ1) is 13.6. The van der Waals surface area contributed by atoms with E-state index < -0.39 is 5.97 Å². The van der Waals surface area contributed by atoms with Gasteiger partial charge in [0.05, 0.1) is 0 Å². The van der Waals surface area contributed by atoms with Crippen molar-refractivity contribution < 1.29 is 9.90 Å². The summed E-state index contributed by atoms with van der Waals surface area (Å²) in [6.45, 7) is 8.01. The molecule has 0 saturated heterocycles. The van der Waals surface area contributed by atoms with Crippen LogP contribution in [-0.4, -0.2) is 22.1 Å². The lowest BCUT2D eigenvalue weighted by atomic mass is 10.0. The van der Waals surface area contributed by atoms with Crippen LogP contribution in [0.3, 0.4) is 0 Å². The number of hydrogen-bond donors (Lipinski definition) is 1. The third kappa shape index (κ3) is 8.17. The summed E-state index contributed by atoms with van der Waals surface area (Å²) in [5.74, 6) is 0.848. The van der Waals surface area contributed by atoms with Gasteiger partial charge >= 0.3 is 5.97 Å². The minimum absolute atomic E-state index is 0.279. The van der Waals surface area contributed by atoms with Crippen LogP contribution in [0.1, 0.15) is 33.1 Å². The Morgan fingerprint density at radius 3 is 2.64 bits per heavy atom. The molecule has 82 valence electrons. The molecule has 0 aromatic heterocycles. The molecule has 3 heteroatoms. The Hall–Kier alpha value is -0.440. The molecule has 1 unspecified atom stereocenters. The Morgan fingerprint density at radius 1 is 1.57 bits per heavy atom. The van der Waals surface area contributed by atoms with E-state index in [1.54, 1.807) is 0 Å². The Balaban J connectivity index is 3.83.